The smallest absolute Gasteiger partial charge is 0.128 e. The van der Waals surface area contributed by atoms with E-state index in [1.165, 1.54) is 64.3 Å². The molecule has 10 aromatic carbocycles. The second-order valence-electron chi connectivity index (χ2n) is 16.5. The van der Waals surface area contributed by atoms with Crippen molar-refractivity contribution >= 4 is 75.1 Å². The summed E-state index contributed by atoms with van der Waals surface area (Å²) in [6.07, 6.45) is 0. The molecule has 0 spiro atoms. The van der Waals surface area contributed by atoms with Crippen molar-refractivity contribution in [3.63, 3.8) is 0 Å². The van der Waals surface area contributed by atoms with E-state index < -0.39 is 0 Å². The number of para-hydroxylation sites is 1. The standard InChI is InChI=1S/C60H38N2OS/c1-4-13-39(14-5-1)42-23-28-55-50(34-42)52-37-47(26-30-57(52)61(55)45-18-8-3-9-19-45)63-48-27-31-58-53(38-48)51-35-43(40-15-6-2-7-16-40)24-29-56(51)62(58)46-20-12-17-41(33-46)44-25-32-60-54(36-44)49-21-10-11-22-59(49)64-60/h1-38H. The maximum atomic E-state index is 6.87. The van der Waals surface area contributed by atoms with Gasteiger partial charge in [0.15, 0.2) is 0 Å². The molecule has 0 aliphatic carbocycles. The molecule has 0 amide bonds. The molecule has 0 saturated carbocycles. The van der Waals surface area contributed by atoms with E-state index in [-0.39, 0.29) is 0 Å². The van der Waals surface area contributed by atoms with Crippen molar-refractivity contribution in [2.45, 2.75) is 0 Å². The molecule has 0 radical (unpaired) electrons. The number of nitrogens with zero attached hydrogens (tertiary/aromatic N) is 2. The Kier molecular flexibility index (Phi) is 8.40. The van der Waals surface area contributed by atoms with Gasteiger partial charge in [0, 0.05) is 53.1 Å². The average molecular weight is 835 g/mol. The van der Waals surface area contributed by atoms with Gasteiger partial charge < -0.3 is 13.9 Å². The van der Waals surface area contributed by atoms with Crippen LogP contribution in [0.1, 0.15) is 0 Å². The number of ether oxygens (including phenoxy) is 1. The summed E-state index contributed by atoms with van der Waals surface area (Å²) in [5, 5.41) is 7.25. The Morgan fingerprint density at radius 2 is 0.688 bits per heavy atom. The van der Waals surface area contributed by atoms with Crippen molar-refractivity contribution in [3.05, 3.63) is 231 Å². The van der Waals surface area contributed by atoms with Crippen LogP contribution >= 0.6 is 11.3 Å². The van der Waals surface area contributed by atoms with Crippen LogP contribution in [0.25, 0.3) is 109 Å². The Hall–Kier alpha value is -8.18. The first-order chi connectivity index (χ1) is 31.7. The highest BCUT2D eigenvalue weighted by Crippen LogP contribution is 2.42. The second kappa shape index (κ2) is 14.7. The number of hydrogen-bond donors (Lipinski definition) is 0. The lowest BCUT2D eigenvalue weighted by atomic mass is 10.0. The van der Waals surface area contributed by atoms with E-state index in [2.05, 4.69) is 240 Å². The topological polar surface area (TPSA) is 19.1 Å². The maximum Gasteiger partial charge on any atom is 0.128 e. The molecule has 0 saturated heterocycles. The number of hydrogen-bond acceptors (Lipinski definition) is 2. The van der Waals surface area contributed by atoms with Gasteiger partial charge in [-0.2, -0.15) is 0 Å². The molecule has 0 fully saturated rings. The molecule has 13 rings (SSSR count). The largest absolute Gasteiger partial charge is 0.457 e. The fourth-order valence-corrected chi connectivity index (χ4v) is 10.8. The summed E-state index contributed by atoms with van der Waals surface area (Å²) in [7, 11) is 0. The number of benzene rings is 10. The average Bonchev–Trinajstić information content (AvgIpc) is 4.01. The summed E-state index contributed by atoms with van der Waals surface area (Å²) >= 11 is 1.86. The van der Waals surface area contributed by atoms with Crippen LogP contribution in [0.5, 0.6) is 11.5 Å². The van der Waals surface area contributed by atoms with Crippen molar-refractivity contribution in [2.75, 3.05) is 0 Å². The van der Waals surface area contributed by atoms with Gasteiger partial charge in [-0.1, -0.05) is 127 Å². The van der Waals surface area contributed by atoms with E-state index in [9.17, 15) is 0 Å². The number of thiophene rings is 1. The predicted molar refractivity (Wildman–Crippen MR) is 271 cm³/mol. The first-order valence-electron chi connectivity index (χ1n) is 21.7. The fourth-order valence-electron chi connectivity index (χ4n) is 9.75. The van der Waals surface area contributed by atoms with E-state index in [1.807, 2.05) is 11.3 Å². The lowest BCUT2D eigenvalue weighted by molar-refractivity contribution is 0.484. The third-order valence-corrected chi connectivity index (χ3v) is 13.9. The van der Waals surface area contributed by atoms with Gasteiger partial charge in [0.25, 0.3) is 0 Å². The second-order valence-corrected chi connectivity index (χ2v) is 17.6. The SMILES string of the molecule is c1ccc(-c2ccc3c(c2)c2cc(Oc4ccc5c(c4)c4cc(-c6ccccc6)ccc4n5-c4cccc(-c5ccc6sc7ccccc7c6c5)c4)ccc2n3-c2ccccc2)cc1. The normalized spacial score (nSPS) is 11.8. The summed E-state index contributed by atoms with van der Waals surface area (Å²) in [6, 6.07) is 83.1. The van der Waals surface area contributed by atoms with Crippen LogP contribution in [0.2, 0.25) is 0 Å². The van der Waals surface area contributed by atoms with Gasteiger partial charge in [-0.05, 0) is 137 Å². The number of rotatable bonds is 7. The molecule has 0 N–H and O–H groups in total. The van der Waals surface area contributed by atoms with Crippen LogP contribution in [0.3, 0.4) is 0 Å². The quantitative estimate of drug-likeness (QED) is 0.157. The lowest BCUT2D eigenvalue weighted by Crippen LogP contribution is -1.94. The van der Waals surface area contributed by atoms with Crippen molar-refractivity contribution < 1.29 is 4.74 Å². The zero-order valence-electron chi connectivity index (χ0n) is 34.7. The van der Waals surface area contributed by atoms with Crippen LogP contribution in [0.4, 0.5) is 0 Å². The number of fused-ring (bicyclic) bond motifs is 9. The summed E-state index contributed by atoms with van der Waals surface area (Å²) in [6.45, 7) is 0. The monoisotopic (exact) mass is 834 g/mol. The fraction of sp³-hybridized carbons (Fsp3) is 0. The Morgan fingerprint density at radius 3 is 1.31 bits per heavy atom. The third kappa shape index (κ3) is 6.03. The minimum Gasteiger partial charge on any atom is -0.457 e. The van der Waals surface area contributed by atoms with E-state index in [0.29, 0.717) is 0 Å². The van der Waals surface area contributed by atoms with Crippen LogP contribution < -0.4 is 4.74 Å². The molecule has 0 bridgehead atoms. The van der Waals surface area contributed by atoms with Crippen molar-refractivity contribution in [1.82, 2.24) is 9.13 Å². The van der Waals surface area contributed by atoms with Gasteiger partial charge in [0.2, 0.25) is 0 Å². The van der Waals surface area contributed by atoms with Gasteiger partial charge in [0.1, 0.15) is 11.5 Å². The molecule has 0 aliphatic heterocycles. The molecule has 4 heteroatoms. The highest BCUT2D eigenvalue weighted by atomic mass is 32.1. The zero-order chi connectivity index (χ0) is 42.1. The van der Waals surface area contributed by atoms with Crippen LogP contribution in [-0.4, -0.2) is 9.13 Å². The molecule has 3 heterocycles. The predicted octanol–water partition coefficient (Wildman–Crippen LogP) is 17.0. The van der Waals surface area contributed by atoms with Gasteiger partial charge in [0.05, 0.1) is 22.1 Å². The van der Waals surface area contributed by atoms with Crippen LogP contribution in [0, 0.1) is 0 Å². The molecule has 300 valence electrons. The summed E-state index contributed by atoms with van der Waals surface area (Å²) in [4.78, 5) is 0. The Balaban J connectivity index is 0.944. The zero-order valence-corrected chi connectivity index (χ0v) is 35.5. The first kappa shape index (κ1) is 36.5. The Labute approximate surface area is 373 Å². The molecule has 0 aliphatic rings. The molecule has 3 nitrogen and oxygen atoms in total. The molecule has 13 aromatic rings. The summed E-state index contributed by atoms with van der Waals surface area (Å²) < 4.78 is 14.3. The van der Waals surface area contributed by atoms with Crippen molar-refractivity contribution in [2.24, 2.45) is 0 Å². The third-order valence-electron chi connectivity index (χ3n) is 12.8. The molecule has 64 heavy (non-hydrogen) atoms. The van der Waals surface area contributed by atoms with Crippen LogP contribution in [-0.2, 0) is 0 Å². The minimum atomic E-state index is 0.790. The summed E-state index contributed by atoms with van der Waals surface area (Å²) in [5.41, 5.74) is 14.0. The molecule has 0 atom stereocenters. The van der Waals surface area contributed by atoms with Crippen molar-refractivity contribution in [3.8, 4) is 56.3 Å². The van der Waals surface area contributed by atoms with Gasteiger partial charge in [-0.15, -0.1) is 11.3 Å². The van der Waals surface area contributed by atoms with Gasteiger partial charge in [-0.25, -0.2) is 0 Å². The molecule has 0 unspecified atom stereocenters. The minimum absolute atomic E-state index is 0.790. The Bertz CT molecular complexity index is 3920. The maximum absolute atomic E-state index is 6.87. The number of aromatic nitrogens is 2. The molecular weight excluding hydrogens is 797 g/mol. The van der Waals surface area contributed by atoms with E-state index >= 15 is 0 Å². The molecular formula is C60H38N2OS. The Morgan fingerprint density at radius 1 is 0.266 bits per heavy atom. The van der Waals surface area contributed by atoms with E-state index in [0.717, 1.165) is 55.7 Å². The molecule has 3 aromatic heterocycles. The lowest BCUT2D eigenvalue weighted by Gasteiger charge is -2.11. The van der Waals surface area contributed by atoms with E-state index in [1.54, 1.807) is 0 Å². The first-order valence-corrected chi connectivity index (χ1v) is 22.5. The van der Waals surface area contributed by atoms with Crippen molar-refractivity contribution in [1.29, 1.82) is 0 Å². The van der Waals surface area contributed by atoms with Gasteiger partial charge >= 0.3 is 0 Å². The van der Waals surface area contributed by atoms with Crippen LogP contribution in [0.15, 0.2) is 231 Å². The van der Waals surface area contributed by atoms with Gasteiger partial charge in [-0.3, -0.25) is 0 Å². The highest BCUT2D eigenvalue weighted by molar-refractivity contribution is 7.25. The highest BCUT2D eigenvalue weighted by Gasteiger charge is 2.18. The summed E-state index contributed by atoms with van der Waals surface area (Å²) in [5.74, 6) is 1.58. The van der Waals surface area contributed by atoms with E-state index in [4.69, 9.17) is 4.74 Å².